The summed E-state index contributed by atoms with van der Waals surface area (Å²) in [4.78, 5) is 16.0. The molecule has 0 fully saturated rings. The van der Waals surface area contributed by atoms with E-state index >= 15 is 0 Å². The van der Waals surface area contributed by atoms with Gasteiger partial charge in [0.2, 0.25) is 11.0 Å². The smallest absolute Gasteiger partial charge is 0.316 e. The van der Waals surface area contributed by atoms with Crippen LogP contribution in [0, 0.1) is 0 Å². The molecule has 0 atom stereocenters. The molecule has 3 aromatic rings. The summed E-state index contributed by atoms with van der Waals surface area (Å²) in [6.07, 6.45) is 1.89. The number of nitrogens with zero attached hydrogens (tertiary/aromatic N) is 4. The Morgan fingerprint density at radius 1 is 1.29 bits per heavy atom. The lowest BCUT2D eigenvalue weighted by Crippen LogP contribution is -2.12. The van der Waals surface area contributed by atoms with E-state index in [1.807, 2.05) is 36.6 Å². The van der Waals surface area contributed by atoms with E-state index in [9.17, 15) is 4.79 Å². The summed E-state index contributed by atoms with van der Waals surface area (Å²) >= 11 is 2.73. The van der Waals surface area contributed by atoms with Crippen molar-refractivity contribution in [1.29, 1.82) is 0 Å². The number of anilines is 1. The number of amides is 1. The molecule has 0 bridgehead atoms. The Morgan fingerprint density at radius 3 is 2.81 bits per heavy atom. The van der Waals surface area contributed by atoms with Gasteiger partial charge < -0.3 is 4.52 Å². The largest absolute Gasteiger partial charge is 0.328 e. The lowest BCUT2D eigenvalue weighted by atomic mass is 10.2. The van der Waals surface area contributed by atoms with Crippen LogP contribution in [0.2, 0.25) is 0 Å². The Hall–Kier alpha value is -2.26. The number of hydrogen-bond acceptors (Lipinski definition) is 8. The van der Waals surface area contributed by atoms with E-state index in [2.05, 4.69) is 25.7 Å². The standard InChI is InChI=1S/C12H9N5O2S2/c1-20-12-16-15-11(21-12)14-9(18)10-13-8(17-19-10)7-5-3-2-4-6-7/h2-6H,1H3,(H,14,15,18). The minimum atomic E-state index is -0.506. The van der Waals surface area contributed by atoms with Crippen molar-refractivity contribution < 1.29 is 9.32 Å². The highest BCUT2D eigenvalue weighted by molar-refractivity contribution is 8.00. The van der Waals surface area contributed by atoms with Gasteiger partial charge in [0.1, 0.15) is 0 Å². The molecule has 1 amide bonds. The highest BCUT2D eigenvalue weighted by Gasteiger charge is 2.17. The summed E-state index contributed by atoms with van der Waals surface area (Å²) < 4.78 is 5.73. The van der Waals surface area contributed by atoms with Crippen LogP contribution in [0.15, 0.2) is 39.2 Å². The average Bonchev–Trinajstić information content (AvgIpc) is 3.17. The zero-order valence-corrected chi connectivity index (χ0v) is 12.4. The van der Waals surface area contributed by atoms with Crippen LogP contribution >= 0.6 is 23.1 Å². The molecule has 106 valence electrons. The Morgan fingerprint density at radius 2 is 2.10 bits per heavy atom. The first-order valence-corrected chi connectivity index (χ1v) is 7.88. The van der Waals surface area contributed by atoms with Gasteiger partial charge in [0, 0.05) is 5.56 Å². The molecular weight excluding hydrogens is 310 g/mol. The quantitative estimate of drug-likeness (QED) is 0.583. The van der Waals surface area contributed by atoms with Gasteiger partial charge in [-0.05, 0) is 6.26 Å². The second kappa shape index (κ2) is 6.02. The van der Waals surface area contributed by atoms with Gasteiger partial charge in [0.25, 0.3) is 0 Å². The lowest BCUT2D eigenvalue weighted by molar-refractivity contribution is 0.0981. The monoisotopic (exact) mass is 319 g/mol. The molecule has 21 heavy (non-hydrogen) atoms. The van der Waals surface area contributed by atoms with Crippen molar-refractivity contribution in [3.8, 4) is 11.4 Å². The first kappa shape index (κ1) is 13.7. The molecule has 0 aliphatic carbocycles. The highest BCUT2D eigenvalue weighted by Crippen LogP contribution is 2.23. The minimum absolute atomic E-state index is 0.116. The lowest BCUT2D eigenvalue weighted by Gasteiger charge is -1.93. The fourth-order valence-electron chi connectivity index (χ4n) is 1.51. The third-order valence-corrected chi connectivity index (χ3v) is 4.27. The van der Waals surface area contributed by atoms with Crippen LogP contribution in [0.3, 0.4) is 0 Å². The molecule has 2 aromatic heterocycles. The van der Waals surface area contributed by atoms with E-state index in [-0.39, 0.29) is 5.89 Å². The zero-order valence-electron chi connectivity index (χ0n) is 10.8. The summed E-state index contributed by atoms with van der Waals surface area (Å²) in [7, 11) is 0. The zero-order chi connectivity index (χ0) is 14.7. The number of rotatable bonds is 4. The summed E-state index contributed by atoms with van der Waals surface area (Å²) in [5.74, 6) is -0.258. The molecule has 0 aliphatic rings. The van der Waals surface area contributed by atoms with Gasteiger partial charge >= 0.3 is 11.8 Å². The number of benzene rings is 1. The molecule has 0 radical (unpaired) electrons. The Bertz CT molecular complexity index is 756. The van der Waals surface area contributed by atoms with Gasteiger partial charge in [-0.2, -0.15) is 4.98 Å². The van der Waals surface area contributed by atoms with Gasteiger partial charge in [-0.25, -0.2) is 0 Å². The van der Waals surface area contributed by atoms with E-state index in [0.29, 0.717) is 11.0 Å². The first-order valence-electron chi connectivity index (χ1n) is 5.84. The molecule has 1 aromatic carbocycles. The molecule has 7 nitrogen and oxygen atoms in total. The number of nitrogens with one attached hydrogen (secondary N) is 1. The Labute approximate surface area is 127 Å². The second-order valence-corrected chi connectivity index (χ2v) is 5.85. The second-order valence-electron chi connectivity index (χ2n) is 3.82. The van der Waals surface area contributed by atoms with Crippen LogP contribution in [-0.4, -0.2) is 32.5 Å². The van der Waals surface area contributed by atoms with Gasteiger partial charge in [0.15, 0.2) is 4.34 Å². The van der Waals surface area contributed by atoms with Crippen molar-refractivity contribution in [1.82, 2.24) is 20.3 Å². The normalized spacial score (nSPS) is 10.5. The topological polar surface area (TPSA) is 93.8 Å². The number of hydrogen-bond donors (Lipinski definition) is 1. The highest BCUT2D eigenvalue weighted by atomic mass is 32.2. The molecular formula is C12H9N5O2S2. The van der Waals surface area contributed by atoms with Crippen LogP contribution in [0.25, 0.3) is 11.4 Å². The summed E-state index contributed by atoms with van der Waals surface area (Å²) in [5, 5.41) is 14.5. The van der Waals surface area contributed by atoms with E-state index in [1.54, 1.807) is 0 Å². The van der Waals surface area contributed by atoms with Crippen molar-refractivity contribution in [2.24, 2.45) is 0 Å². The Kier molecular flexibility index (Phi) is 3.93. The van der Waals surface area contributed by atoms with Crippen molar-refractivity contribution >= 4 is 34.1 Å². The van der Waals surface area contributed by atoms with Crippen molar-refractivity contribution in [3.63, 3.8) is 0 Å². The molecule has 2 heterocycles. The van der Waals surface area contributed by atoms with Crippen LogP contribution in [0.1, 0.15) is 10.7 Å². The fourth-order valence-corrected chi connectivity index (χ4v) is 2.68. The molecule has 0 aliphatic heterocycles. The molecule has 9 heteroatoms. The molecule has 0 saturated carbocycles. The van der Waals surface area contributed by atoms with Crippen molar-refractivity contribution in [2.45, 2.75) is 4.34 Å². The molecule has 3 rings (SSSR count). The Balaban J connectivity index is 1.75. The molecule has 1 N–H and O–H groups in total. The first-order chi connectivity index (χ1) is 10.3. The van der Waals surface area contributed by atoms with Gasteiger partial charge in [-0.3, -0.25) is 10.1 Å². The maximum absolute atomic E-state index is 12.0. The summed E-state index contributed by atoms with van der Waals surface area (Å²) in [6, 6.07) is 9.27. The average molecular weight is 319 g/mol. The van der Waals surface area contributed by atoms with Gasteiger partial charge in [-0.1, -0.05) is 58.6 Å². The summed E-state index contributed by atoms with van der Waals surface area (Å²) in [5.41, 5.74) is 0.779. The van der Waals surface area contributed by atoms with Crippen molar-refractivity contribution in [3.05, 3.63) is 36.2 Å². The number of aromatic nitrogens is 4. The summed E-state index contributed by atoms with van der Waals surface area (Å²) in [6.45, 7) is 0. The maximum Gasteiger partial charge on any atom is 0.316 e. The van der Waals surface area contributed by atoms with Crippen LogP contribution in [-0.2, 0) is 0 Å². The molecule has 0 spiro atoms. The van der Waals surface area contributed by atoms with E-state index < -0.39 is 5.91 Å². The predicted molar refractivity (Wildman–Crippen MR) is 79.4 cm³/mol. The number of thioether (sulfide) groups is 1. The van der Waals surface area contributed by atoms with Crippen LogP contribution in [0.5, 0.6) is 0 Å². The van der Waals surface area contributed by atoms with E-state index in [1.165, 1.54) is 23.1 Å². The number of carbonyl (C=O) groups is 1. The minimum Gasteiger partial charge on any atom is -0.328 e. The molecule has 0 saturated heterocycles. The van der Waals surface area contributed by atoms with Crippen molar-refractivity contribution in [2.75, 3.05) is 11.6 Å². The maximum atomic E-state index is 12.0. The predicted octanol–water partition coefficient (Wildman–Crippen LogP) is 2.56. The SMILES string of the molecule is CSc1nnc(NC(=O)c2nc(-c3ccccc3)no2)s1. The van der Waals surface area contributed by atoms with Gasteiger partial charge in [0.05, 0.1) is 0 Å². The third-order valence-electron chi connectivity index (χ3n) is 2.45. The van der Waals surface area contributed by atoms with E-state index in [4.69, 9.17) is 4.52 Å². The van der Waals surface area contributed by atoms with Crippen LogP contribution < -0.4 is 5.32 Å². The third kappa shape index (κ3) is 3.09. The van der Waals surface area contributed by atoms with E-state index in [0.717, 1.165) is 9.90 Å². The molecule has 0 unspecified atom stereocenters. The van der Waals surface area contributed by atoms with Gasteiger partial charge in [-0.15, -0.1) is 10.2 Å². The number of carbonyl (C=O) groups excluding carboxylic acids is 1. The fraction of sp³-hybridized carbons (Fsp3) is 0.0833. The van der Waals surface area contributed by atoms with Crippen LogP contribution in [0.4, 0.5) is 5.13 Å².